The summed E-state index contributed by atoms with van der Waals surface area (Å²) < 4.78 is 0. The third kappa shape index (κ3) is 6.23. The van der Waals surface area contributed by atoms with Gasteiger partial charge in [0.1, 0.15) is 0 Å². The van der Waals surface area contributed by atoms with Gasteiger partial charge in [0.25, 0.3) is 5.91 Å². The van der Waals surface area contributed by atoms with E-state index in [1.54, 1.807) is 0 Å². The molecule has 1 amide bonds. The molecule has 1 aromatic carbocycles. The molecule has 2 heterocycles. The van der Waals surface area contributed by atoms with Crippen molar-refractivity contribution in [1.82, 2.24) is 15.1 Å². The monoisotopic (exact) mass is 426 g/mol. The summed E-state index contributed by atoms with van der Waals surface area (Å²) in [6.45, 7) is 12.4. The van der Waals surface area contributed by atoms with Gasteiger partial charge in [0.2, 0.25) is 0 Å². The van der Waals surface area contributed by atoms with Gasteiger partial charge < -0.3 is 15.1 Å². The summed E-state index contributed by atoms with van der Waals surface area (Å²) in [6, 6.07) is 9.17. The molecule has 0 atom stereocenters. The van der Waals surface area contributed by atoms with Gasteiger partial charge in [0, 0.05) is 69.1 Å². The van der Waals surface area contributed by atoms with E-state index in [4.69, 9.17) is 0 Å². The quantitative estimate of drug-likeness (QED) is 0.746. The van der Waals surface area contributed by atoms with E-state index in [1.807, 2.05) is 12.1 Å². The number of carbonyl (C=O) groups excluding carboxylic acids is 1. The Balaban J connectivity index is 1.20. The number of benzene rings is 1. The third-order valence-electron chi connectivity index (χ3n) is 7.70. The Kier molecular flexibility index (Phi) is 7.89. The minimum Gasteiger partial charge on any atom is -0.369 e. The van der Waals surface area contributed by atoms with Gasteiger partial charge in [0.05, 0.1) is 0 Å². The van der Waals surface area contributed by atoms with Crippen LogP contribution in [0.3, 0.4) is 0 Å². The number of rotatable bonds is 6. The van der Waals surface area contributed by atoms with Crippen molar-refractivity contribution in [3.8, 4) is 0 Å². The van der Waals surface area contributed by atoms with Gasteiger partial charge in [-0.2, -0.15) is 0 Å². The average Bonchev–Trinajstić information content (AvgIpc) is 2.81. The highest BCUT2D eigenvalue weighted by atomic mass is 16.1. The van der Waals surface area contributed by atoms with Crippen LogP contribution in [-0.4, -0.2) is 73.6 Å². The van der Waals surface area contributed by atoms with E-state index in [2.05, 4.69) is 46.0 Å². The van der Waals surface area contributed by atoms with Crippen LogP contribution in [0, 0.1) is 5.92 Å². The van der Waals surface area contributed by atoms with E-state index in [1.165, 1.54) is 44.3 Å². The van der Waals surface area contributed by atoms with Crippen LogP contribution >= 0.6 is 0 Å². The Labute approximate surface area is 189 Å². The predicted octanol–water partition coefficient (Wildman–Crippen LogP) is 3.99. The van der Waals surface area contributed by atoms with Crippen molar-refractivity contribution in [2.45, 2.75) is 70.9 Å². The minimum atomic E-state index is 0.0851. The average molecular weight is 427 g/mol. The molecular weight excluding hydrogens is 384 g/mol. The first kappa shape index (κ1) is 22.6. The van der Waals surface area contributed by atoms with Crippen LogP contribution in [0.2, 0.25) is 0 Å². The SMILES string of the molecule is CC(C)N1CCN(c2ccc(C(=O)NC3CCN(CC4CCCCC4)CC3)cc2)CC1. The molecular formula is C26H42N4O. The van der Waals surface area contributed by atoms with Crippen molar-refractivity contribution < 1.29 is 4.79 Å². The number of anilines is 1. The molecule has 1 N–H and O–H groups in total. The molecule has 0 bridgehead atoms. The summed E-state index contributed by atoms with van der Waals surface area (Å²) in [6.07, 6.45) is 9.27. The summed E-state index contributed by atoms with van der Waals surface area (Å²) in [5.74, 6) is 0.994. The largest absolute Gasteiger partial charge is 0.369 e. The molecule has 3 fully saturated rings. The maximum atomic E-state index is 12.8. The molecule has 5 heteroatoms. The summed E-state index contributed by atoms with van der Waals surface area (Å²) in [7, 11) is 0. The zero-order chi connectivity index (χ0) is 21.6. The normalized spacial score (nSPS) is 22.7. The van der Waals surface area contributed by atoms with Crippen LogP contribution in [0.25, 0.3) is 0 Å². The zero-order valence-electron chi connectivity index (χ0n) is 19.7. The molecule has 5 nitrogen and oxygen atoms in total. The Morgan fingerprint density at radius 1 is 0.903 bits per heavy atom. The van der Waals surface area contributed by atoms with Crippen LogP contribution in [0.1, 0.15) is 69.2 Å². The van der Waals surface area contributed by atoms with Crippen molar-refractivity contribution >= 4 is 11.6 Å². The number of piperazine rings is 1. The summed E-state index contributed by atoms with van der Waals surface area (Å²) in [5.41, 5.74) is 2.02. The Bertz CT molecular complexity index is 682. The molecule has 4 rings (SSSR count). The van der Waals surface area contributed by atoms with Crippen LogP contribution < -0.4 is 10.2 Å². The topological polar surface area (TPSA) is 38.8 Å². The summed E-state index contributed by atoms with van der Waals surface area (Å²) in [5, 5.41) is 3.29. The van der Waals surface area contributed by atoms with Gasteiger partial charge in [-0.15, -0.1) is 0 Å². The number of nitrogens with zero attached hydrogens (tertiary/aromatic N) is 3. The molecule has 1 aliphatic carbocycles. The molecule has 172 valence electrons. The second kappa shape index (κ2) is 10.8. The molecule has 1 aromatic rings. The van der Waals surface area contributed by atoms with Crippen LogP contribution in [0.5, 0.6) is 0 Å². The van der Waals surface area contributed by atoms with E-state index in [-0.39, 0.29) is 5.91 Å². The van der Waals surface area contributed by atoms with Crippen molar-refractivity contribution in [3.05, 3.63) is 29.8 Å². The molecule has 2 aliphatic heterocycles. The fraction of sp³-hybridized carbons (Fsp3) is 0.731. The smallest absolute Gasteiger partial charge is 0.251 e. The molecule has 31 heavy (non-hydrogen) atoms. The van der Waals surface area contributed by atoms with Crippen LogP contribution in [0.4, 0.5) is 5.69 Å². The van der Waals surface area contributed by atoms with Gasteiger partial charge in [-0.1, -0.05) is 19.3 Å². The summed E-state index contributed by atoms with van der Waals surface area (Å²) in [4.78, 5) is 20.4. The van der Waals surface area contributed by atoms with E-state index in [0.717, 1.165) is 63.6 Å². The molecule has 0 aromatic heterocycles. The van der Waals surface area contributed by atoms with Gasteiger partial charge in [-0.3, -0.25) is 9.69 Å². The lowest BCUT2D eigenvalue weighted by atomic mass is 9.88. The number of hydrogen-bond acceptors (Lipinski definition) is 4. The third-order valence-corrected chi connectivity index (χ3v) is 7.70. The van der Waals surface area contributed by atoms with Crippen molar-refractivity contribution in [2.75, 3.05) is 50.7 Å². The second-order valence-corrected chi connectivity index (χ2v) is 10.2. The van der Waals surface area contributed by atoms with E-state index < -0.39 is 0 Å². The molecule has 2 saturated heterocycles. The first-order valence-corrected chi connectivity index (χ1v) is 12.7. The maximum Gasteiger partial charge on any atom is 0.251 e. The van der Waals surface area contributed by atoms with Gasteiger partial charge in [-0.05, 0) is 69.7 Å². The Morgan fingerprint density at radius 3 is 2.16 bits per heavy atom. The molecule has 0 unspecified atom stereocenters. The van der Waals surface area contributed by atoms with E-state index >= 15 is 0 Å². The second-order valence-electron chi connectivity index (χ2n) is 10.2. The Hall–Kier alpha value is -1.59. The number of amides is 1. The van der Waals surface area contributed by atoms with Gasteiger partial charge >= 0.3 is 0 Å². The fourth-order valence-electron chi connectivity index (χ4n) is 5.58. The van der Waals surface area contributed by atoms with Crippen LogP contribution in [-0.2, 0) is 0 Å². The van der Waals surface area contributed by atoms with Crippen molar-refractivity contribution in [1.29, 1.82) is 0 Å². The lowest BCUT2D eigenvalue weighted by Crippen LogP contribution is -2.48. The van der Waals surface area contributed by atoms with Crippen LogP contribution in [0.15, 0.2) is 24.3 Å². The number of hydrogen-bond donors (Lipinski definition) is 1. The molecule has 1 saturated carbocycles. The number of carbonyl (C=O) groups is 1. The first-order valence-electron chi connectivity index (χ1n) is 12.7. The molecule has 0 radical (unpaired) electrons. The maximum absolute atomic E-state index is 12.8. The highest BCUT2D eigenvalue weighted by Gasteiger charge is 2.24. The van der Waals surface area contributed by atoms with Crippen molar-refractivity contribution in [3.63, 3.8) is 0 Å². The number of likely N-dealkylation sites (tertiary alicyclic amines) is 1. The summed E-state index contributed by atoms with van der Waals surface area (Å²) >= 11 is 0. The van der Waals surface area contributed by atoms with E-state index in [0.29, 0.717) is 12.1 Å². The molecule has 0 spiro atoms. The first-order chi connectivity index (χ1) is 15.1. The highest BCUT2D eigenvalue weighted by Crippen LogP contribution is 2.25. The van der Waals surface area contributed by atoms with Crippen molar-refractivity contribution in [2.24, 2.45) is 5.92 Å². The fourth-order valence-corrected chi connectivity index (χ4v) is 5.58. The lowest BCUT2D eigenvalue weighted by molar-refractivity contribution is 0.0901. The van der Waals surface area contributed by atoms with Gasteiger partial charge in [-0.25, -0.2) is 0 Å². The van der Waals surface area contributed by atoms with Gasteiger partial charge in [0.15, 0.2) is 0 Å². The minimum absolute atomic E-state index is 0.0851. The standard InChI is InChI=1S/C26H42N4O/c1-21(2)29-16-18-30(19-17-29)25-10-8-23(9-11-25)26(31)27-24-12-14-28(15-13-24)20-22-6-4-3-5-7-22/h8-11,21-22,24H,3-7,12-20H2,1-2H3,(H,27,31). The number of piperidine rings is 1. The highest BCUT2D eigenvalue weighted by molar-refractivity contribution is 5.94. The zero-order valence-corrected chi connectivity index (χ0v) is 19.7. The lowest BCUT2D eigenvalue weighted by Gasteiger charge is -2.38. The Morgan fingerprint density at radius 2 is 1.55 bits per heavy atom. The number of nitrogens with one attached hydrogen (secondary N) is 1. The van der Waals surface area contributed by atoms with E-state index in [9.17, 15) is 4.79 Å². The predicted molar refractivity (Wildman–Crippen MR) is 129 cm³/mol. The molecule has 3 aliphatic rings.